The molecule has 0 saturated heterocycles. The Morgan fingerprint density at radius 1 is 1.13 bits per heavy atom. The molecule has 0 radical (unpaired) electrons. The second kappa shape index (κ2) is 7.80. The number of aliphatic hydroxyl groups is 1. The summed E-state index contributed by atoms with van der Waals surface area (Å²) in [6, 6.07) is 20.4. The van der Waals surface area contributed by atoms with Gasteiger partial charge >= 0.3 is 5.88 Å². The summed E-state index contributed by atoms with van der Waals surface area (Å²) in [4.78, 5) is 23.2. The van der Waals surface area contributed by atoms with E-state index in [4.69, 9.17) is 4.42 Å². The van der Waals surface area contributed by atoms with Crippen LogP contribution in [0.15, 0.2) is 82.3 Å². The average Bonchev–Trinajstić information content (AvgIpc) is 3.39. The summed E-state index contributed by atoms with van der Waals surface area (Å²) in [7, 11) is 0. The molecule has 0 bridgehead atoms. The minimum atomic E-state index is -1.74. The number of carbonyl (C=O) groups is 1. The van der Waals surface area contributed by atoms with Gasteiger partial charge in [-0.05, 0) is 18.2 Å². The van der Waals surface area contributed by atoms with Crippen LogP contribution >= 0.6 is 0 Å². The van der Waals surface area contributed by atoms with Gasteiger partial charge in [0.2, 0.25) is 0 Å². The Morgan fingerprint density at radius 3 is 2.43 bits per heavy atom. The molecule has 0 aliphatic carbocycles. The third kappa shape index (κ3) is 3.65. The average molecular weight is 406 g/mol. The van der Waals surface area contributed by atoms with E-state index in [9.17, 15) is 20.0 Å². The number of carbonyl (C=O) groups excluding carboxylic acids is 1. The first kappa shape index (κ1) is 19.3. The first-order valence-corrected chi connectivity index (χ1v) is 9.19. The smallest absolute Gasteiger partial charge is 0.399 e. The van der Waals surface area contributed by atoms with Gasteiger partial charge in [-0.15, -0.1) is 0 Å². The Kier molecular flexibility index (Phi) is 5.03. The highest BCUT2D eigenvalue weighted by molar-refractivity contribution is 6.02. The van der Waals surface area contributed by atoms with Crippen LogP contribution in [0.1, 0.15) is 17.7 Å². The fourth-order valence-corrected chi connectivity index (χ4v) is 3.26. The number of nitrogens with zero attached hydrogens (tertiary/aromatic N) is 3. The van der Waals surface area contributed by atoms with Crippen LogP contribution in [0, 0.1) is 10.1 Å². The lowest BCUT2D eigenvalue weighted by Gasteiger charge is -2.31. The van der Waals surface area contributed by atoms with E-state index in [0.29, 0.717) is 5.56 Å². The molecule has 0 saturated carbocycles. The van der Waals surface area contributed by atoms with Crippen LogP contribution in [0.2, 0.25) is 0 Å². The van der Waals surface area contributed by atoms with Crippen LogP contribution in [0.25, 0.3) is 0 Å². The van der Waals surface area contributed by atoms with Crippen molar-refractivity contribution in [2.75, 3.05) is 11.9 Å². The molecule has 3 aromatic rings. The van der Waals surface area contributed by atoms with E-state index >= 15 is 0 Å². The molecule has 0 spiro atoms. The van der Waals surface area contributed by atoms with Crippen LogP contribution in [-0.2, 0) is 10.5 Å². The topological polar surface area (TPSA) is 121 Å². The third-order valence-electron chi connectivity index (χ3n) is 4.73. The van der Waals surface area contributed by atoms with Crippen molar-refractivity contribution in [2.45, 2.75) is 12.1 Å². The van der Waals surface area contributed by atoms with E-state index in [-0.39, 0.29) is 24.4 Å². The predicted octanol–water partition coefficient (Wildman–Crippen LogP) is 3.08. The molecule has 1 atom stereocenters. The van der Waals surface area contributed by atoms with Gasteiger partial charge in [-0.3, -0.25) is 14.9 Å². The number of hydrogen-bond donors (Lipinski definition) is 2. The lowest BCUT2D eigenvalue weighted by molar-refractivity contribution is -0.402. The molecule has 9 heteroatoms. The van der Waals surface area contributed by atoms with Gasteiger partial charge in [-0.25, -0.2) is 0 Å². The number of amides is 1. The summed E-state index contributed by atoms with van der Waals surface area (Å²) in [5.41, 5.74) is -0.285. The predicted molar refractivity (Wildman–Crippen MR) is 109 cm³/mol. The molecule has 2 aromatic carbocycles. The number of anilines is 1. The second-order valence-electron chi connectivity index (χ2n) is 6.73. The quantitative estimate of drug-likeness (QED) is 0.479. The zero-order chi connectivity index (χ0) is 21.1. The Balaban J connectivity index is 1.64. The molecule has 1 amide bonds. The molecule has 2 heterocycles. The van der Waals surface area contributed by atoms with E-state index in [0.717, 1.165) is 10.7 Å². The van der Waals surface area contributed by atoms with E-state index < -0.39 is 22.4 Å². The van der Waals surface area contributed by atoms with Crippen molar-refractivity contribution in [2.24, 2.45) is 5.10 Å². The second-order valence-corrected chi connectivity index (χ2v) is 6.73. The minimum absolute atomic E-state index is 0.0707. The third-order valence-corrected chi connectivity index (χ3v) is 4.73. The molecular weight excluding hydrogens is 388 g/mol. The van der Waals surface area contributed by atoms with Crippen LogP contribution in [0.3, 0.4) is 0 Å². The lowest BCUT2D eigenvalue weighted by atomic mass is 9.96. The Labute approximate surface area is 171 Å². The Bertz CT molecular complexity index is 1100. The van der Waals surface area contributed by atoms with E-state index in [1.165, 1.54) is 12.1 Å². The zero-order valence-corrected chi connectivity index (χ0v) is 15.8. The van der Waals surface area contributed by atoms with E-state index in [1.807, 2.05) is 30.3 Å². The molecular formula is C21H18N4O5. The molecule has 1 unspecified atom stereocenters. The maximum Gasteiger partial charge on any atom is 0.433 e. The largest absolute Gasteiger partial charge is 0.433 e. The van der Waals surface area contributed by atoms with Crippen LogP contribution in [-0.4, -0.2) is 33.2 Å². The van der Waals surface area contributed by atoms with Gasteiger partial charge in [-0.2, -0.15) is 10.1 Å². The maximum absolute atomic E-state index is 13.0. The summed E-state index contributed by atoms with van der Waals surface area (Å²) in [5, 5.41) is 30.6. The standard InChI is InChI=1S/C21H18N4O5/c26-19(14-22-16-9-5-2-6-10-16)24-21(27,15-7-3-1-4-8-15)13-17(23-24)18-11-12-20(30-18)25(28)29/h1-12,22,27H,13-14H2. The first-order valence-electron chi connectivity index (χ1n) is 9.19. The normalized spacial score (nSPS) is 18.2. The van der Waals surface area contributed by atoms with Gasteiger partial charge in [0.05, 0.1) is 12.6 Å². The molecule has 1 aliphatic rings. The van der Waals surface area contributed by atoms with E-state index in [1.54, 1.807) is 30.3 Å². The highest BCUT2D eigenvalue weighted by Gasteiger charge is 2.46. The van der Waals surface area contributed by atoms with Crippen LogP contribution in [0.4, 0.5) is 11.6 Å². The van der Waals surface area contributed by atoms with E-state index in [2.05, 4.69) is 10.4 Å². The Hall–Kier alpha value is -3.98. The van der Waals surface area contributed by atoms with Gasteiger partial charge in [0.1, 0.15) is 10.6 Å². The molecule has 1 aromatic heterocycles. The zero-order valence-electron chi connectivity index (χ0n) is 15.8. The highest BCUT2D eigenvalue weighted by Crippen LogP contribution is 2.37. The van der Waals surface area contributed by atoms with Gasteiger partial charge in [0, 0.05) is 17.7 Å². The number of furan rings is 1. The Morgan fingerprint density at radius 2 is 1.80 bits per heavy atom. The summed E-state index contributed by atoms with van der Waals surface area (Å²) in [6.07, 6.45) is -0.0707. The molecule has 152 valence electrons. The number of nitrogens with one attached hydrogen (secondary N) is 1. The van der Waals surface area contributed by atoms with Gasteiger partial charge in [0.25, 0.3) is 5.91 Å². The summed E-state index contributed by atoms with van der Waals surface area (Å²) < 4.78 is 5.22. The van der Waals surface area contributed by atoms with Crippen molar-refractivity contribution in [1.29, 1.82) is 0 Å². The SMILES string of the molecule is O=C(CNc1ccccc1)N1N=C(c2ccc([N+](=O)[O-])o2)CC1(O)c1ccccc1. The minimum Gasteiger partial charge on any atom is -0.399 e. The van der Waals surface area contributed by atoms with Gasteiger partial charge in [0.15, 0.2) is 11.5 Å². The highest BCUT2D eigenvalue weighted by atomic mass is 16.6. The van der Waals surface area contributed by atoms with Crippen molar-refractivity contribution in [3.63, 3.8) is 0 Å². The van der Waals surface area contributed by atoms with Crippen molar-refractivity contribution in [3.8, 4) is 0 Å². The van der Waals surface area contributed by atoms with Crippen molar-refractivity contribution in [3.05, 3.63) is 94.2 Å². The number of rotatable bonds is 6. The maximum atomic E-state index is 13.0. The fraction of sp³-hybridized carbons (Fsp3) is 0.143. The van der Waals surface area contributed by atoms with Crippen molar-refractivity contribution in [1.82, 2.24) is 5.01 Å². The summed E-state index contributed by atoms with van der Waals surface area (Å²) in [6.45, 7) is -0.103. The molecule has 4 rings (SSSR count). The summed E-state index contributed by atoms with van der Waals surface area (Å²) in [5.74, 6) is -0.782. The number of hydrazone groups is 1. The molecule has 30 heavy (non-hydrogen) atoms. The molecule has 9 nitrogen and oxygen atoms in total. The molecule has 2 N–H and O–H groups in total. The van der Waals surface area contributed by atoms with Crippen LogP contribution in [0.5, 0.6) is 0 Å². The number of benzene rings is 2. The number of nitro groups is 1. The first-order chi connectivity index (χ1) is 14.5. The molecule has 1 aliphatic heterocycles. The lowest BCUT2D eigenvalue weighted by Crippen LogP contribution is -2.45. The van der Waals surface area contributed by atoms with Crippen LogP contribution < -0.4 is 5.32 Å². The van der Waals surface area contributed by atoms with Crippen molar-refractivity contribution < 1.29 is 19.2 Å². The monoisotopic (exact) mass is 406 g/mol. The van der Waals surface area contributed by atoms with Crippen molar-refractivity contribution >= 4 is 23.2 Å². The molecule has 0 fully saturated rings. The number of para-hydroxylation sites is 1. The van der Waals surface area contributed by atoms with Gasteiger partial charge < -0.3 is 14.8 Å². The fourth-order valence-electron chi connectivity index (χ4n) is 3.26. The number of hydrogen-bond acceptors (Lipinski definition) is 7. The summed E-state index contributed by atoms with van der Waals surface area (Å²) >= 11 is 0. The van der Waals surface area contributed by atoms with Gasteiger partial charge in [-0.1, -0.05) is 48.5 Å².